The summed E-state index contributed by atoms with van der Waals surface area (Å²) in [6.07, 6.45) is 0. The van der Waals surface area contributed by atoms with Gasteiger partial charge < -0.3 is 15.4 Å². The van der Waals surface area contributed by atoms with E-state index in [0.29, 0.717) is 0 Å². The van der Waals surface area contributed by atoms with Gasteiger partial charge in [-0.3, -0.25) is 0 Å². The number of ether oxygens (including phenoxy) is 1. The third kappa shape index (κ3) is 4.78. The number of nitrogens with one attached hydrogen (secondary N) is 2. The van der Waals surface area contributed by atoms with E-state index in [4.69, 9.17) is 4.74 Å². The second-order valence-electron chi connectivity index (χ2n) is 3.59. The van der Waals surface area contributed by atoms with E-state index in [1.54, 1.807) is 7.11 Å². The van der Waals surface area contributed by atoms with E-state index >= 15 is 0 Å². The summed E-state index contributed by atoms with van der Waals surface area (Å²) in [5.74, 6) is 0.888. The molecule has 0 amide bonds. The molecule has 0 spiro atoms. The number of rotatable bonds is 3. The minimum absolute atomic E-state index is 0.888. The molecular formula is C15H20N2O. The summed E-state index contributed by atoms with van der Waals surface area (Å²) >= 11 is 0. The fourth-order valence-corrected chi connectivity index (χ4v) is 1.36. The Balaban J connectivity index is 0.000000184. The molecule has 18 heavy (non-hydrogen) atoms. The molecule has 0 saturated heterocycles. The normalized spacial score (nSPS) is 8.83. The SMILES string of the molecule is CNc1ccc(OC)cc1.CNc1ccccc1. The first kappa shape index (κ1) is 13.9. The quantitative estimate of drug-likeness (QED) is 0.867. The molecule has 0 fully saturated rings. The Morgan fingerprint density at radius 1 is 0.722 bits per heavy atom. The fraction of sp³-hybridized carbons (Fsp3) is 0.200. The van der Waals surface area contributed by atoms with Crippen LogP contribution in [0, 0.1) is 0 Å². The molecule has 0 aliphatic rings. The van der Waals surface area contributed by atoms with Crippen LogP contribution in [0.3, 0.4) is 0 Å². The van der Waals surface area contributed by atoms with Crippen molar-refractivity contribution in [1.82, 2.24) is 0 Å². The van der Waals surface area contributed by atoms with Crippen molar-refractivity contribution in [3.05, 3.63) is 54.6 Å². The van der Waals surface area contributed by atoms with Gasteiger partial charge in [0.05, 0.1) is 7.11 Å². The zero-order chi connectivity index (χ0) is 13.2. The van der Waals surface area contributed by atoms with Crippen LogP contribution < -0.4 is 15.4 Å². The highest BCUT2D eigenvalue weighted by molar-refractivity contribution is 5.45. The van der Waals surface area contributed by atoms with Crippen LogP contribution in [0.5, 0.6) is 5.75 Å². The predicted octanol–water partition coefficient (Wildman–Crippen LogP) is 3.47. The average Bonchev–Trinajstić information content (AvgIpc) is 2.49. The zero-order valence-electron chi connectivity index (χ0n) is 11.1. The van der Waals surface area contributed by atoms with Gasteiger partial charge in [-0.25, -0.2) is 0 Å². The fourth-order valence-electron chi connectivity index (χ4n) is 1.36. The molecule has 2 N–H and O–H groups in total. The van der Waals surface area contributed by atoms with Crippen molar-refractivity contribution in [2.75, 3.05) is 31.8 Å². The monoisotopic (exact) mass is 244 g/mol. The van der Waals surface area contributed by atoms with Gasteiger partial charge in [0.1, 0.15) is 5.75 Å². The van der Waals surface area contributed by atoms with Gasteiger partial charge >= 0.3 is 0 Å². The summed E-state index contributed by atoms with van der Waals surface area (Å²) in [6, 6.07) is 17.9. The maximum absolute atomic E-state index is 4.99. The molecule has 0 atom stereocenters. The van der Waals surface area contributed by atoms with Crippen molar-refractivity contribution in [2.24, 2.45) is 0 Å². The van der Waals surface area contributed by atoms with Gasteiger partial charge in [-0.1, -0.05) is 18.2 Å². The van der Waals surface area contributed by atoms with Crippen LogP contribution in [0.1, 0.15) is 0 Å². The molecule has 0 radical (unpaired) electrons. The molecular weight excluding hydrogens is 224 g/mol. The number of methoxy groups -OCH3 is 1. The van der Waals surface area contributed by atoms with Crippen molar-refractivity contribution in [3.63, 3.8) is 0 Å². The summed E-state index contributed by atoms with van der Waals surface area (Å²) in [5.41, 5.74) is 2.26. The van der Waals surface area contributed by atoms with Crippen molar-refractivity contribution >= 4 is 11.4 Å². The highest BCUT2D eigenvalue weighted by Gasteiger charge is 1.88. The molecule has 0 bridgehead atoms. The molecule has 96 valence electrons. The van der Waals surface area contributed by atoms with E-state index in [-0.39, 0.29) is 0 Å². The van der Waals surface area contributed by atoms with E-state index < -0.39 is 0 Å². The zero-order valence-corrected chi connectivity index (χ0v) is 11.1. The van der Waals surface area contributed by atoms with Crippen molar-refractivity contribution < 1.29 is 4.74 Å². The molecule has 2 rings (SSSR count). The topological polar surface area (TPSA) is 33.3 Å². The van der Waals surface area contributed by atoms with E-state index in [9.17, 15) is 0 Å². The molecule has 0 saturated carbocycles. The number of hydrogen-bond acceptors (Lipinski definition) is 3. The first-order valence-corrected chi connectivity index (χ1v) is 5.84. The first-order valence-electron chi connectivity index (χ1n) is 5.84. The first-order chi connectivity index (χ1) is 8.80. The minimum Gasteiger partial charge on any atom is -0.497 e. The highest BCUT2D eigenvalue weighted by atomic mass is 16.5. The summed E-state index contributed by atoms with van der Waals surface area (Å²) < 4.78 is 4.99. The van der Waals surface area contributed by atoms with Crippen LogP contribution >= 0.6 is 0 Å². The minimum atomic E-state index is 0.888. The molecule has 3 heteroatoms. The van der Waals surface area contributed by atoms with Gasteiger partial charge in [0.25, 0.3) is 0 Å². The molecule has 0 aliphatic heterocycles. The predicted molar refractivity (Wildman–Crippen MR) is 78.5 cm³/mol. The van der Waals surface area contributed by atoms with E-state index in [0.717, 1.165) is 17.1 Å². The molecule has 0 heterocycles. The van der Waals surface area contributed by atoms with Gasteiger partial charge in [-0.15, -0.1) is 0 Å². The second-order valence-corrected chi connectivity index (χ2v) is 3.59. The van der Waals surface area contributed by atoms with Crippen LogP contribution in [-0.4, -0.2) is 21.2 Å². The molecule has 0 unspecified atom stereocenters. The van der Waals surface area contributed by atoms with Crippen LogP contribution in [-0.2, 0) is 0 Å². The Hall–Kier alpha value is -2.16. The lowest BCUT2D eigenvalue weighted by Crippen LogP contribution is -1.87. The van der Waals surface area contributed by atoms with Crippen LogP contribution in [0.4, 0.5) is 11.4 Å². The summed E-state index contributed by atoms with van der Waals surface area (Å²) in [4.78, 5) is 0. The largest absolute Gasteiger partial charge is 0.497 e. The van der Waals surface area contributed by atoms with Crippen molar-refractivity contribution in [1.29, 1.82) is 0 Å². The van der Waals surface area contributed by atoms with E-state index in [1.165, 1.54) is 0 Å². The number of hydrogen-bond donors (Lipinski definition) is 2. The lowest BCUT2D eigenvalue weighted by atomic mass is 10.3. The van der Waals surface area contributed by atoms with Crippen molar-refractivity contribution in [2.45, 2.75) is 0 Å². The van der Waals surface area contributed by atoms with E-state index in [2.05, 4.69) is 10.6 Å². The Bertz CT molecular complexity index is 403. The Morgan fingerprint density at radius 3 is 1.61 bits per heavy atom. The summed E-state index contributed by atoms with van der Waals surface area (Å²) in [5, 5.41) is 6.05. The van der Waals surface area contributed by atoms with Crippen LogP contribution in [0.2, 0.25) is 0 Å². The molecule has 3 nitrogen and oxygen atoms in total. The average molecular weight is 244 g/mol. The number of anilines is 2. The van der Waals surface area contributed by atoms with Gasteiger partial charge in [-0.2, -0.15) is 0 Å². The standard InChI is InChI=1S/C8H11NO.C7H9N/c1-9-7-3-5-8(10-2)6-4-7;1-8-7-5-3-2-4-6-7/h3-6,9H,1-2H3;2-6,8H,1H3. The Kier molecular flexibility index (Phi) is 6.19. The van der Waals surface area contributed by atoms with Crippen molar-refractivity contribution in [3.8, 4) is 5.75 Å². The van der Waals surface area contributed by atoms with Crippen LogP contribution in [0.15, 0.2) is 54.6 Å². The number of para-hydroxylation sites is 1. The lowest BCUT2D eigenvalue weighted by molar-refractivity contribution is 0.415. The van der Waals surface area contributed by atoms with Gasteiger partial charge in [0.2, 0.25) is 0 Å². The molecule has 0 aromatic heterocycles. The third-order valence-electron chi connectivity index (χ3n) is 2.44. The summed E-state index contributed by atoms with van der Waals surface area (Å²) in [6.45, 7) is 0. The molecule has 0 aliphatic carbocycles. The smallest absolute Gasteiger partial charge is 0.119 e. The molecule has 2 aromatic carbocycles. The second kappa shape index (κ2) is 8.01. The molecule has 2 aromatic rings. The summed E-state index contributed by atoms with van der Waals surface area (Å²) in [7, 11) is 5.46. The third-order valence-corrected chi connectivity index (χ3v) is 2.44. The Labute approximate surface area is 109 Å². The Morgan fingerprint density at radius 2 is 1.22 bits per heavy atom. The van der Waals surface area contributed by atoms with Gasteiger partial charge in [-0.05, 0) is 36.4 Å². The van der Waals surface area contributed by atoms with E-state index in [1.807, 2.05) is 68.7 Å². The van der Waals surface area contributed by atoms with Gasteiger partial charge in [0.15, 0.2) is 0 Å². The maximum Gasteiger partial charge on any atom is 0.119 e. The number of benzene rings is 2. The van der Waals surface area contributed by atoms with Crippen LogP contribution in [0.25, 0.3) is 0 Å². The van der Waals surface area contributed by atoms with Gasteiger partial charge in [0, 0.05) is 25.5 Å². The maximum atomic E-state index is 4.99. The highest BCUT2D eigenvalue weighted by Crippen LogP contribution is 2.13. The lowest BCUT2D eigenvalue weighted by Gasteiger charge is -2.00.